The van der Waals surface area contributed by atoms with Crippen molar-refractivity contribution in [1.82, 2.24) is 24.6 Å². The molecule has 10 heteroatoms. The molecule has 1 amide bonds. The van der Waals surface area contributed by atoms with Gasteiger partial charge < -0.3 is 21.1 Å². The van der Waals surface area contributed by atoms with E-state index in [2.05, 4.69) is 20.0 Å². The number of primary amides is 1. The standard InChI is InChI=1S/C23H28FN7O2/c1-14-8-16(9-15(2)20(14)33-7-3-5-30-6-4-18(24)13-30)19-11-27-21(25)23(29-19)31-12-17(10-28-31)22(26)32/h8-12,18H,3-7,13H2,1-2H3,(H2,25,27)(H2,26,32)/t18-/m1/s1. The fourth-order valence-corrected chi connectivity index (χ4v) is 4.04. The van der Waals surface area contributed by atoms with Crippen LogP contribution in [0.4, 0.5) is 10.2 Å². The van der Waals surface area contributed by atoms with Gasteiger partial charge in [-0.25, -0.2) is 19.0 Å². The van der Waals surface area contributed by atoms with Crippen LogP contribution in [0.2, 0.25) is 0 Å². The molecule has 1 atom stereocenters. The predicted molar refractivity (Wildman–Crippen MR) is 123 cm³/mol. The number of likely N-dealkylation sites (tertiary alicyclic amines) is 1. The molecular formula is C23H28FN7O2. The molecule has 1 aromatic carbocycles. The Morgan fingerprint density at radius 3 is 2.67 bits per heavy atom. The van der Waals surface area contributed by atoms with Crippen LogP contribution in [0.25, 0.3) is 17.1 Å². The van der Waals surface area contributed by atoms with Crippen molar-refractivity contribution in [1.29, 1.82) is 0 Å². The number of hydrogen-bond donors (Lipinski definition) is 2. The Balaban J connectivity index is 1.48. The number of hydrogen-bond acceptors (Lipinski definition) is 7. The second-order valence-electron chi connectivity index (χ2n) is 8.33. The average molecular weight is 454 g/mol. The number of carbonyl (C=O) groups excluding carboxylic acids is 1. The van der Waals surface area contributed by atoms with Crippen LogP contribution in [0.15, 0.2) is 30.7 Å². The maximum atomic E-state index is 13.3. The van der Waals surface area contributed by atoms with E-state index in [1.807, 2.05) is 26.0 Å². The van der Waals surface area contributed by atoms with E-state index in [4.69, 9.17) is 16.2 Å². The molecule has 0 unspecified atom stereocenters. The average Bonchev–Trinajstić information content (AvgIpc) is 3.42. The molecule has 1 aliphatic rings. The summed E-state index contributed by atoms with van der Waals surface area (Å²) in [5.41, 5.74) is 15.0. The highest BCUT2D eigenvalue weighted by atomic mass is 19.1. The first kappa shape index (κ1) is 22.7. The Labute approximate surface area is 191 Å². The summed E-state index contributed by atoms with van der Waals surface area (Å²) < 4.78 is 20.7. The van der Waals surface area contributed by atoms with E-state index >= 15 is 0 Å². The van der Waals surface area contributed by atoms with E-state index in [0.717, 1.165) is 42.0 Å². The number of aryl methyl sites for hydroxylation is 2. The van der Waals surface area contributed by atoms with Crippen LogP contribution < -0.4 is 16.2 Å². The molecule has 0 bridgehead atoms. The zero-order valence-electron chi connectivity index (χ0n) is 18.8. The summed E-state index contributed by atoms with van der Waals surface area (Å²) in [4.78, 5) is 22.4. The second kappa shape index (κ2) is 9.53. The SMILES string of the molecule is Cc1cc(-c2cnc(N)c(-n3cc(C(N)=O)cn3)n2)cc(C)c1OCCCN1CC[C@@H](F)C1. The number of alkyl halides is 1. The van der Waals surface area contributed by atoms with Crippen molar-refractivity contribution in [3.8, 4) is 22.8 Å². The molecule has 1 aliphatic heterocycles. The van der Waals surface area contributed by atoms with Gasteiger partial charge in [-0.1, -0.05) is 0 Å². The lowest BCUT2D eigenvalue weighted by atomic mass is 10.0. The number of anilines is 1. The summed E-state index contributed by atoms with van der Waals surface area (Å²) in [7, 11) is 0. The molecule has 0 saturated carbocycles. The molecule has 4 N–H and O–H groups in total. The fourth-order valence-electron chi connectivity index (χ4n) is 4.04. The van der Waals surface area contributed by atoms with Crippen LogP contribution in [0.1, 0.15) is 34.3 Å². The Morgan fingerprint density at radius 2 is 2.03 bits per heavy atom. The third-order valence-corrected chi connectivity index (χ3v) is 5.70. The summed E-state index contributed by atoms with van der Waals surface area (Å²) in [6.45, 7) is 6.73. The quantitative estimate of drug-likeness (QED) is 0.502. The maximum Gasteiger partial charge on any atom is 0.251 e. The minimum Gasteiger partial charge on any atom is -0.493 e. The zero-order chi connectivity index (χ0) is 23.5. The third-order valence-electron chi connectivity index (χ3n) is 5.70. The van der Waals surface area contributed by atoms with Crippen molar-refractivity contribution in [3.63, 3.8) is 0 Å². The third kappa shape index (κ3) is 5.11. The summed E-state index contributed by atoms with van der Waals surface area (Å²) in [6.07, 6.45) is 5.20. The Morgan fingerprint density at radius 1 is 1.27 bits per heavy atom. The molecule has 1 fully saturated rings. The summed E-state index contributed by atoms with van der Waals surface area (Å²) in [5, 5.41) is 4.12. The molecule has 174 valence electrons. The van der Waals surface area contributed by atoms with Crippen molar-refractivity contribution in [2.45, 2.75) is 32.9 Å². The van der Waals surface area contributed by atoms with Crippen LogP contribution in [0.3, 0.4) is 0 Å². The largest absolute Gasteiger partial charge is 0.493 e. The highest BCUT2D eigenvalue weighted by Crippen LogP contribution is 2.30. The van der Waals surface area contributed by atoms with Crippen molar-refractivity contribution in [3.05, 3.63) is 47.4 Å². The van der Waals surface area contributed by atoms with Crippen LogP contribution in [-0.4, -0.2) is 63.0 Å². The van der Waals surface area contributed by atoms with Gasteiger partial charge in [-0.05, 0) is 49.9 Å². The molecule has 9 nitrogen and oxygen atoms in total. The minimum atomic E-state index is -0.696. The van der Waals surface area contributed by atoms with Crippen molar-refractivity contribution < 1.29 is 13.9 Å². The van der Waals surface area contributed by atoms with Gasteiger partial charge in [-0.2, -0.15) is 5.10 Å². The lowest BCUT2D eigenvalue weighted by Gasteiger charge is -2.17. The molecule has 33 heavy (non-hydrogen) atoms. The van der Waals surface area contributed by atoms with Crippen molar-refractivity contribution in [2.24, 2.45) is 5.73 Å². The monoisotopic (exact) mass is 453 g/mol. The van der Waals surface area contributed by atoms with E-state index in [9.17, 15) is 9.18 Å². The van der Waals surface area contributed by atoms with E-state index in [1.165, 1.54) is 17.1 Å². The molecule has 3 heterocycles. The van der Waals surface area contributed by atoms with E-state index in [0.29, 0.717) is 31.1 Å². The number of benzene rings is 1. The lowest BCUT2D eigenvalue weighted by molar-refractivity contribution is 0.100. The molecule has 2 aromatic heterocycles. The molecule has 3 aromatic rings. The highest BCUT2D eigenvalue weighted by Gasteiger charge is 2.21. The lowest BCUT2D eigenvalue weighted by Crippen LogP contribution is -2.23. The van der Waals surface area contributed by atoms with Crippen LogP contribution >= 0.6 is 0 Å². The van der Waals surface area contributed by atoms with Gasteiger partial charge in [0.2, 0.25) is 0 Å². The minimum absolute atomic E-state index is 0.184. The molecule has 4 rings (SSSR count). The van der Waals surface area contributed by atoms with Crippen LogP contribution in [0, 0.1) is 13.8 Å². The van der Waals surface area contributed by atoms with Gasteiger partial charge in [0.15, 0.2) is 11.6 Å². The smallest absolute Gasteiger partial charge is 0.251 e. The normalized spacial score (nSPS) is 16.3. The molecule has 0 aliphatic carbocycles. The number of nitrogens with zero attached hydrogens (tertiary/aromatic N) is 5. The Bertz CT molecular complexity index is 1140. The van der Waals surface area contributed by atoms with Gasteiger partial charge in [0, 0.05) is 31.4 Å². The second-order valence-corrected chi connectivity index (χ2v) is 8.33. The summed E-state index contributed by atoms with van der Waals surface area (Å²) in [5.74, 6) is 0.750. The Hall–Kier alpha value is -3.53. The number of carbonyl (C=O) groups is 1. The van der Waals surface area contributed by atoms with E-state index in [-0.39, 0.29) is 11.4 Å². The fraction of sp³-hybridized carbons (Fsp3) is 0.391. The first-order valence-electron chi connectivity index (χ1n) is 10.9. The molecule has 1 saturated heterocycles. The van der Waals surface area contributed by atoms with Crippen LogP contribution in [-0.2, 0) is 0 Å². The van der Waals surface area contributed by atoms with Gasteiger partial charge in [-0.3, -0.25) is 4.79 Å². The van der Waals surface area contributed by atoms with Gasteiger partial charge in [0.1, 0.15) is 11.9 Å². The maximum absolute atomic E-state index is 13.3. The molecular weight excluding hydrogens is 425 g/mol. The number of ether oxygens (including phenoxy) is 1. The van der Waals surface area contributed by atoms with Crippen molar-refractivity contribution >= 4 is 11.7 Å². The topological polar surface area (TPSA) is 125 Å². The first-order chi connectivity index (χ1) is 15.8. The summed E-state index contributed by atoms with van der Waals surface area (Å²) >= 11 is 0. The van der Waals surface area contributed by atoms with Gasteiger partial charge in [0.25, 0.3) is 5.91 Å². The summed E-state index contributed by atoms with van der Waals surface area (Å²) in [6, 6.07) is 3.97. The number of nitrogen functional groups attached to an aromatic ring is 1. The van der Waals surface area contributed by atoms with Gasteiger partial charge >= 0.3 is 0 Å². The zero-order valence-corrected chi connectivity index (χ0v) is 18.8. The number of amides is 1. The highest BCUT2D eigenvalue weighted by molar-refractivity contribution is 5.92. The van der Waals surface area contributed by atoms with Crippen LogP contribution in [0.5, 0.6) is 5.75 Å². The number of halogens is 1. The Kier molecular flexibility index (Phi) is 6.55. The molecule has 0 spiro atoms. The number of aromatic nitrogens is 4. The van der Waals surface area contributed by atoms with E-state index < -0.39 is 12.1 Å². The predicted octanol–water partition coefficient (Wildman–Crippen LogP) is 2.44. The van der Waals surface area contributed by atoms with Crippen molar-refractivity contribution in [2.75, 3.05) is 32.0 Å². The first-order valence-corrected chi connectivity index (χ1v) is 10.9. The van der Waals surface area contributed by atoms with E-state index in [1.54, 1.807) is 6.20 Å². The van der Waals surface area contributed by atoms with Gasteiger partial charge in [0.05, 0.1) is 30.3 Å². The molecule has 0 radical (unpaired) electrons. The number of nitrogens with two attached hydrogens (primary N) is 2. The number of rotatable bonds is 8. The van der Waals surface area contributed by atoms with Gasteiger partial charge in [-0.15, -0.1) is 0 Å².